The molecule has 33 heavy (non-hydrogen) atoms. The van der Waals surface area contributed by atoms with Crippen LogP contribution in [-0.2, 0) is 25.4 Å². The summed E-state index contributed by atoms with van der Waals surface area (Å²) in [5.74, 6) is -0.656. The molecule has 0 aliphatic rings. The first-order chi connectivity index (χ1) is 15.8. The van der Waals surface area contributed by atoms with E-state index in [0.29, 0.717) is 15.4 Å². The first-order valence-electron chi connectivity index (χ1n) is 9.45. The van der Waals surface area contributed by atoms with E-state index in [1.54, 1.807) is 25.1 Å². The summed E-state index contributed by atoms with van der Waals surface area (Å²) < 4.78 is 22.0. The predicted molar refractivity (Wildman–Crippen MR) is 120 cm³/mol. The standard InChI is InChI=1S/C21H21N5O6S/c1-4-18(27)23-17-11-15(33(30)14-7-5-6-13(10-14)12-22)8-9-16(17)24-19(25-20(28)31-2)26-21(29)32-3/h5-11H,4H2,1-3H3,(H,23,27)(H2,24,25,26,28,29). The van der Waals surface area contributed by atoms with Crippen molar-refractivity contribution in [1.29, 1.82) is 5.26 Å². The van der Waals surface area contributed by atoms with Gasteiger partial charge in [0.1, 0.15) is 0 Å². The molecule has 2 aromatic rings. The average Bonchev–Trinajstić information content (AvgIpc) is 2.84. The second-order valence-electron chi connectivity index (χ2n) is 6.19. The highest BCUT2D eigenvalue weighted by Gasteiger charge is 2.20. The highest BCUT2D eigenvalue weighted by Crippen LogP contribution is 2.29. The van der Waals surface area contributed by atoms with Crippen molar-refractivity contribution in [1.82, 2.24) is 5.32 Å². The van der Waals surface area contributed by atoms with Crippen molar-refractivity contribution in [3.63, 3.8) is 0 Å². The number of ether oxygens (including phenoxy) is 2. The monoisotopic (exact) mass is 471 g/mol. The fraction of sp³-hybridized carbons (Fsp3) is 0.190. The molecule has 1 atom stereocenters. The number of benzene rings is 2. The molecular formula is C21H21N5O6S. The number of rotatable bonds is 5. The highest BCUT2D eigenvalue weighted by molar-refractivity contribution is 7.91. The fourth-order valence-electron chi connectivity index (χ4n) is 2.41. The third-order valence-corrected chi connectivity index (χ3v) is 5.38. The minimum absolute atomic E-state index is 0.167. The molecule has 0 fully saturated rings. The first kappa shape index (κ1) is 25.2. The Hall–Kier alpha value is -4.08. The van der Waals surface area contributed by atoms with E-state index in [9.17, 15) is 18.9 Å². The van der Waals surface area contributed by atoms with Crippen molar-refractivity contribution in [3.8, 4) is 6.07 Å². The molecule has 3 amide bonds. The van der Waals surface area contributed by atoms with Crippen LogP contribution in [0.5, 0.6) is 0 Å². The molecule has 0 saturated carbocycles. The van der Waals surface area contributed by atoms with Crippen LogP contribution < -0.4 is 16.0 Å². The van der Waals surface area contributed by atoms with Gasteiger partial charge in [-0.25, -0.2) is 9.59 Å². The number of nitrogens with zero attached hydrogens (tertiary/aromatic N) is 2. The third-order valence-electron chi connectivity index (χ3n) is 4.01. The molecule has 0 saturated heterocycles. The lowest BCUT2D eigenvalue weighted by Crippen LogP contribution is -2.36. The number of carbonyl (C=O) groups excluding carboxylic acids is 3. The molecule has 0 heterocycles. The molecule has 0 aromatic heterocycles. The number of anilines is 2. The van der Waals surface area contributed by atoms with Crippen molar-refractivity contribution in [2.24, 2.45) is 4.99 Å². The minimum atomic E-state index is -1.65. The van der Waals surface area contributed by atoms with E-state index in [-0.39, 0.29) is 29.7 Å². The molecule has 0 bridgehead atoms. The molecule has 3 N–H and O–H groups in total. The Labute approximate surface area is 193 Å². The quantitative estimate of drug-likeness (QED) is 0.340. The van der Waals surface area contributed by atoms with E-state index >= 15 is 0 Å². The van der Waals surface area contributed by atoms with E-state index in [1.165, 1.54) is 24.3 Å². The van der Waals surface area contributed by atoms with Crippen molar-refractivity contribution in [2.75, 3.05) is 24.9 Å². The van der Waals surface area contributed by atoms with Gasteiger partial charge in [-0.3, -0.25) is 10.1 Å². The van der Waals surface area contributed by atoms with Crippen LogP contribution in [0.1, 0.15) is 18.9 Å². The summed E-state index contributed by atoms with van der Waals surface area (Å²) in [5, 5.41) is 16.7. The molecule has 0 aliphatic heterocycles. The topological polar surface area (TPSA) is 165 Å². The number of hydrogen-bond donors (Lipinski definition) is 3. The minimum Gasteiger partial charge on any atom is -0.606 e. The number of hydrogen-bond acceptors (Lipinski definition) is 7. The van der Waals surface area contributed by atoms with Gasteiger partial charge in [0.2, 0.25) is 11.9 Å². The van der Waals surface area contributed by atoms with Crippen LogP contribution in [0.2, 0.25) is 0 Å². The van der Waals surface area contributed by atoms with Gasteiger partial charge in [0.15, 0.2) is 9.79 Å². The van der Waals surface area contributed by atoms with Crippen LogP contribution in [0.4, 0.5) is 21.0 Å². The summed E-state index contributed by atoms with van der Waals surface area (Å²) in [6, 6.07) is 12.8. The van der Waals surface area contributed by atoms with Crippen LogP contribution in [-0.4, -0.2) is 42.8 Å². The highest BCUT2D eigenvalue weighted by atomic mass is 32.2. The number of carbonyl (C=O) groups is 3. The van der Waals surface area contributed by atoms with Gasteiger partial charge in [0, 0.05) is 29.7 Å². The number of methoxy groups -OCH3 is 2. The molecule has 12 heteroatoms. The van der Waals surface area contributed by atoms with Crippen LogP contribution in [0.3, 0.4) is 0 Å². The summed E-state index contributed by atoms with van der Waals surface area (Å²) in [7, 11) is 2.24. The summed E-state index contributed by atoms with van der Waals surface area (Å²) in [6.45, 7) is 1.65. The molecule has 172 valence electrons. The van der Waals surface area contributed by atoms with Crippen molar-refractivity contribution in [3.05, 3.63) is 48.0 Å². The largest absolute Gasteiger partial charge is 0.606 e. The fourth-order valence-corrected chi connectivity index (χ4v) is 3.53. The molecule has 2 aromatic carbocycles. The normalized spacial score (nSPS) is 11.5. The molecule has 11 nitrogen and oxygen atoms in total. The number of guanidine groups is 1. The maximum atomic E-state index is 13.0. The van der Waals surface area contributed by atoms with Gasteiger partial charge < -0.3 is 24.7 Å². The Morgan fingerprint density at radius 3 is 2.42 bits per heavy atom. The maximum Gasteiger partial charge on any atom is 0.436 e. The summed E-state index contributed by atoms with van der Waals surface area (Å²) >= 11 is -1.65. The summed E-state index contributed by atoms with van der Waals surface area (Å²) in [6.07, 6.45) is -1.73. The van der Waals surface area contributed by atoms with E-state index in [2.05, 4.69) is 30.4 Å². The number of aliphatic imine (C=N–C) groups is 1. The Bertz CT molecular complexity index is 1110. The Morgan fingerprint density at radius 1 is 1.06 bits per heavy atom. The van der Waals surface area contributed by atoms with Crippen LogP contribution in [0.25, 0.3) is 0 Å². The molecule has 0 aliphatic carbocycles. The lowest BCUT2D eigenvalue weighted by atomic mass is 10.2. The van der Waals surface area contributed by atoms with Gasteiger partial charge in [-0.15, -0.1) is 4.99 Å². The molecular weight excluding hydrogens is 450 g/mol. The zero-order valence-electron chi connectivity index (χ0n) is 18.0. The number of nitrogens with one attached hydrogen (secondary N) is 3. The zero-order valence-corrected chi connectivity index (χ0v) is 18.8. The van der Waals surface area contributed by atoms with Gasteiger partial charge in [-0.1, -0.05) is 13.0 Å². The Morgan fingerprint density at radius 2 is 1.79 bits per heavy atom. The zero-order chi connectivity index (χ0) is 24.4. The van der Waals surface area contributed by atoms with Crippen molar-refractivity contribution < 1.29 is 28.4 Å². The Kier molecular flexibility index (Phi) is 9.22. The molecule has 0 radical (unpaired) electrons. The average molecular weight is 471 g/mol. The van der Waals surface area contributed by atoms with E-state index in [1.807, 2.05) is 6.07 Å². The van der Waals surface area contributed by atoms with Crippen molar-refractivity contribution in [2.45, 2.75) is 23.1 Å². The molecule has 1 unspecified atom stereocenters. The lowest BCUT2D eigenvalue weighted by molar-refractivity contribution is -0.115. The number of nitriles is 1. The first-order valence-corrected chi connectivity index (χ1v) is 10.6. The second-order valence-corrected chi connectivity index (χ2v) is 7.67. The molecule has 0 spiro atoms. The van der Waals surface area contributed by atoms with E-state index in [0.717, 1.165) is 14.2 Å². The van der Waals surface area contributed by atoms with Gasteiger partial charge in [0.05, 0.1) is 37.2 Å². The summed E-state index contributed by atoms with van der Waals surface area (Å²) in [4.78, 5) is 39.6. The lowest BCUT2D eigenvalue weighted by Gasteiger charge is -2.17. The molecule has 2 rings (SSSR count). The van der Waals surface area contributed by atoms with Crippen LogP contribution >= 0.6 is 0 Å². The second kappa shape index (κ2) is 12.1. The van der Waals surface area contributed by atoms with Crippen LogP contribution in [0.15, 0.2) is 57.2 Å². The van der Waals surface area contributed by atoms with Gasteiger partial charge >= 0.3 is 12.2 Å². The van der Waals surface area contributed by atoms with E-state index in [4.69, 9.17) is 5.26 Å². The van der Waals surface area contributed by atoms with E-state index < -0.39 is 23.4 Å². The van der Waals surface area contributed by atoms with Gasteiger partial charge in [-0.2, -0.15) is 5.26 Å². The summed E-state index contributed by atoms with van der Waals surface area (Å²) in [5.41, 5.74) is 0.812. The third kappa shape index (κ3) is 7.23. The predicted octanol–water partition coefficient (Wildman–Crippen LogP) is 2.96. The smallest absolute Gasteiger partial charge is 0.436 e. The maximum absolute atomic E-state index is 13.0. The Balaban J connectivity index is 2.45. The number of alkyl carbamates (subject to hydrolysis) is 1. The number of amides is 3. The van der Waals surface area contributed by atoms with Crippen molar-refractivity contribution >= 4 is 46.6 Å². The SMILES string of the molecule is CCC(=O)Nc1cc([S+]([O-])c2cccc(C#N)c2)ccc1NC(=NC(=O)OC)NC(=O)OC. The van der Waals surface area contributed by atoms with Gasteiger partial charge in [-0.05, 0) is 24.3 Å². The van der Waals surface area contributed by atoms with Crippen LogP contribution in [0, 0.1) is 11.3 Å². The van der Waals surface area contributed by atoms with Gasteiger partial charge in [0.25, 0.3) is 0 Å².